The van der Waals surface area contributed by atoms with Crippen molar-refractivity contribution in [2.45, 2.75) is 26.3 Å². The van der Waals surface area contributed by atoms with E-state index in [0.717, 1.165) is 13.1 Å². The largest absolute Gasteiger partial charge is 0.324 e. The molecule has 0 aromatic heterocycles. The van der Waals surface area contributed by atoms with E-state index in [1.807, 2.05) is 0 Å². The van der Waals surface area contributed by atoms with E-state index in [0.29, 0.717) is 0 Å². The summed E-state index contributed by atoms with van der Waals surface area (Å²) in [5.74, 6) is 0. The second-order valence-electron chi connectivity index (χ2n) is 9.55. The molecule has 1 aliphatic heterocycles. The highest BCUT2D eigenvalue weighted by Crippen LogP contribution is 2.61. The smallest absolute Gasteiger partial charge is 0.128 e. The summed E-state index contributed by atoms with van der Waals surface area (Å²) in [5, 5.41) is 8.45. The van der Waals surface area contributed by atoms with Crippen LogP contribution in [0, 0.1) is 0 Å². The Morgan fingerprint density at radius 1 is 0.684 bits per heavy atom. The lowest BCUT2D eigenvalue weighted by molar-refractivity contribution is 0.257. The molecule has 0 radical (unpaired) electrons. The molecule has 0 spiro atoms. The predicted molar refractivity (Wildman–Crippen MR) is 115 cm³/mol. The number of rotatable bonds is 3. The fourth-order valence-corrected chi connectivity index (χ4v) is 4.09. The molecule has 2 N–H and O–H groups in total. The maximum atomic E-state index is 3.88. The Balaban J connectivity index is 3.21. The summed E-state index contributed by atoms with van der Waals surface area (Å²) in [7, 11) is 23.7. The van der Waals surface area contributed by atoms with Gasteiger partial charge < -0.3 is 10.6 Å². The van der Waals surface area contributed by atoms with Crippen LogP contribution in [0.5, 0.6) is 0 Å². The zero-order valence-corrected chi connectivity index (χ0v) is 14.9. The molecule has 19 heavy (non-hydrogen) atoms. The molecule has 0 bridgehead atoms. The van der Waals surface area contributed by atoms with Crippen molar-refractivity contribution in [3.05, 3.63) is 0 Å². The maximum absolute atomic E-state index is 3.88. The molecule has 0 saturated carbocycles. The van der Waals surface area contributed by atoms with Crippen LogP contribution < -0.4 is 10.6 Å². The molecule has 0 aromatic carbocycles. The predicted octanol–water partition coefficient (Wildman–Crippen LogP) is -9.83. The minimum atomic E-state index is 0.0962. The van der Waals surface area contributed by atoms with Gasteiger partial charge in [0.05, 0.1) is 47.1 Å². The first-order chi connectivity index (χ1) is 8.16. The van der Waals surface area contributed by atoms with Gasteiger partial charge in [-0.1, -0.05) is 5.31 Å². The first kappa shape index (κ1) is 17.6. The van der Waals surface area contributed by atoms with Gasteiger partial charge in [-0.3, -0.25) is 0 Å². The third-order valence-corrected chi connectivity index (χ3v) is 5.94. The minimum Gasteiger partial charge on any atom is -0.324 e. The SMILES string of the molecule is BC1(B)CNC(B)(C(B)(C(B)(B)B)C(B)(B)B)CN1. The zero-order chi connectivity index (χ0) is 15.3. The summed E-state index contributed by atoms with van der Waals surface area (Å²) >= 11 is 0. The lowest BCUT2D eigenvalue weighted by atomic mass is 9.11. The minimum absolute atomic E-state index is 0.0962. The van der Waals surface area contributed by atoms with E-state index in [1.165, 1.54) is 0 Å². The highest BCUT2D eigenvalue weighted by molar-refractivity contribution is 6.70. The van der Waals surface area contributed by atoms with Crippen molar-refractivity contribution in [1.29, 1.82) is 0 Å². The fourth-order valence-electron chi connectivity index (χ4n) is 4.09. The van der Waals surface area contributed by atoms with Gasteiger partial charge in [-0.25, -0.2) is 0 Å². The van der Waals surface area contributed by atoms with Gasteiger partial charge in [0.25, 0.3) is 0 Å². The van der Waals surface area contributed by atoms with E-state index in [2.05, 4.69) is 89.1 Å². The van der Waals surface area contributed by atoms with Crippen molar-refractivity contribution in [2.24, 2.45) is 0 Å². The number of nitrogens with one attached hydrogen (secondary N) is 2. The van der Waals surface area contributed by atoms with Crippen LogP contribution in [-0.2, 0) is 0 Å². The summed E-state index contributed by atoms with van der Waals surface area (Å²) in [5.41, 5.74) is 0.0962. The van der Waals surface area contributed by atoms with Crippen LogP contribution in [0.2, 0.25) is 15.5 Å². The molecule has 1 rings (SSSR count). The van der Waals surface area contributed by atoms with Crippen LogP contribution in [0.1, 0.15) is 0 Å². The summed E-state index contributed by atoms with van der Waals surface area (Å²) in [6.45, 7) is 2.04. The number of hydrogen-bond acceptors (Lipinski definition) is 2. The summed E-state index contributed by atoms with van der Waals surface area (Å²) in [6.07, 6.45) is 0. The van der Waals surface area contributed by atoms with Gasteiger partial charge in [-0.05, 0) is 17.3 Å². The number of hydrogen-bond donors (Lipinski definition) is 2. The lowest BCUT2D eigenvalue weighted by Gasteiger charge is -2.66. The quantitative estimate of drug-likeness (QED) is 0.483. The van der Waals surface area contributed by atoms with Crippen molar-refractivity contribution < 1.29 is 0 Å². The third kappa shape index (κ3) is 2.95. The Bertz CT molecular complexity index is 321. The molecule has 1 atom stereocenters. The average molecular weight is 246 g/mol. The molecule has 1 fully saturated rings. The van der Waals surface area contributed by atoms with Gasteiger partial charge in [0.15, 0.2) is 0 Å². The van der Waals surface area contributed by atoms with Crippen LogP contribution in [-0.4, -0.2) is 102 Å². The van der Waals surface area contributed by atoms with Gasteiger partial charge in [-0.2, -0.15) is 0 Å². The molecule has 94 valence electrons. The molecular formula is C7H26B10N2. The van der Waals surface area contributed by atoms with E-state index in [9.17, 15) is 0 Å². The van der Waals surface area contributed by atoms with Gasteiger partial charge in [0.1, 0.15) is 31.4 Å². The van der Waals surface area contributed by atoms with Crippen LogP contribution in [0.3, 0.4) is 0 Å². The average Bonchev–Trinajstić information content (AvgIpc) is 2.18. The summed E-state index contributed by atoms with van der Waals surface area (Å²) in [6, 6.07) is 0. The van der Waals surface area contributed by atoms with Crippen LogP contribution in [0.25, 0.3) is 0 Å². The summed E-state index contributed by atoms with van der Waals surface area (Å²) < 4.78 is 0. The highest BCUT2D eigenvalue weighted by atomic mass is 15.1. The molecule has 0 amide bonds. The Morgan fingerprint density at radius 3 is 1.37 bits per heavy atom. The lowest BCUT2D eigenvalue weighted by Crippen LogP contribution is -2.76. The fraction of sp³-hybridized carbons (Fsp3) is 1.00. The summed E-state index contributed by atoms with van der Waals surface area (Å²) in [4.78, 5) is 0. The Morgan fingerprint density at radius 2 is 1.11 bits per heavy atom. The maximum Gasteiger partial charge on any atom is 0.128 e. The van der Waals surface area contributed by atoms with Gasteiger partial charge in [0.2, 0.25) is 0 Å². The molecule has 1 aliphatic rings. The second kappa shape index (κ2) is 4.80. The van der Waals surface area contributed by atoms with Crippen LogP contribution >= 0.6 is 0 Å². The topological polar surface area (TPSA) is 24.1 Å². The Labute approximate surface area is 129 Å². The first-order valence-electron chi connectivity index (χ1n) is 7.66. The van der Waals surface area contributed by atoms with Crippen molar-refractivity contribution in [1.82, 2.24) is 10.6 Å². The zero-order valence-electron chi connectivity index (χ0n) is 14.9. The van der Waals surface area contributed by atoms with Crippen molar-refractivity contribution in [3.63, 3.8) is 0 Å². The molecule has 1 saturated heterocycles. The van der Waals surface area contributed by atoms with E-state index in [-0.39, 0.29) is 26.3 Å². The molecular weight excluding hydrogens is 220 g/mol. The second-order valence-corrected chi connectivity index (χ2v) is 9.55. The molecule has 1 unspecified atom stereocenters. The van der Waals surface area contributed by atoms with Crippen LogP contribution in [0.15, 0.2) is 0 Å². The van der Waals surface area contributed by atoms with Crippen molar-refractivity contribution >= 4 is 78.5 Å². The molecule has 1 heterocycles. The van der Waals surface area contributed by atoms with E-state index >= 15 is 0 Å². The van der Waals surface area contributed by atoms with Crippen molar-refractivity contribution in [2.75, 3.05) is 13.1 Å². The van der Waals surface area contributed by atoms with Gasteiger partial charge >= 0.3 is 0 Å². The first-order valence-corrected chi connectivity index (χ1v) is 7.66. The van der Waals surface area contributed by atoms with Crippen LogP contribution in [0.4, 0.5) is 0 Å². The molecule has 0 aliphatic carbocycles. The normalized spacial score (nSPS) is 28.8. The monoisotopic (exact) mass is 248 g/mol. The van der Waals surface area contributed by atoms with E-state index < -0.39 is 0 Å². The van der Waals surface area contributed by atoms with E-state index in [1.54, 1.807) is 0 Å². The molecule has 12 heteroatoms. The van der Waals surface area contributed by atoms with Gasteiger partial charge in [-0.15, -0.1) is 10.2 Å². The third-order valence-electron chi connectivity index (χ3n) is 5.94. The molecule has 2 nitrogen and oxygen atoms in total. The van der Waals surface area contributed by atoms with Gasteiger partial charge in [0, 0.05) is 6.54 Å². The van der Waals surface area contributed by atoms with E-state index in [4.69, 9.17) is 0 Å². The number of piperazine rings is 1. The standard InChI is InChI=1S/C7H26B10N2/c8-3(1-19-4(9,10)2-18-3)5(11,6(12,13)14)7(15,16)17/h18-19H,1-2,8-17H2. The Hall–Kier alpha value is 0.569. The molecule has 0 aromatic rings. The van der Waals surface area contributed by atoms with Crippen molar-refractivity contribution in [3.8, 4) is 0 Å². The highest BCUT2D eigenvalue weighted by Gasteiger charge is 2.57. The Kier molecular flexibility index (Phi) is 4.45.